The highest BCUT2D eigenvalue weighted by molar-refractivity contribution is 5.80. The van der Waals surface area contributed by atoms with Gasteiger partial charge in [-0.05, 0) is 51.1 Å². The van der Waals surface area contributed by atoms with Crippen LogP contribution in [-0.4, -0.2) is 48.1 Å². The van der Waals surface area contributed by atoms with Gasteiger partial charge in [-0.1, -0.05) is 6.92 Å². The maximum atomic E-state index is 12.2. The summed E-state index contributed by atoms with van der Waals surface area (Å²) in [5.74, 6) is 0.0342. The standard InChI is InChI=1S/C15H26N2O3/c1-2-15(14(19)20)7-10-17(11-15)13(18)4-3-12-5-8-16-9-6-12/h12,16H,2-11H2,1H3,(H,19,20). The largest absolute Gasteiger partial charge is 0.481 e. The lowest BCUT2D eigenvalue weighted by Gasteiger charge is -2.25. The lowest BCUT2D eigenvalue weighted by molar-refractivity contribution is -0.148. The number of hydrogen-bond donors (Lipinski definition) is 2. The molecule has 5 nitrogen and oxygen atoms in total. The van der Waals surface area contributed by atoms with E-state index in [4.69, 9.17) is 0 Å². The van der Waals surface area contributed by atoms with Gasteiger partial charge in [0.05, 0.1) is 5.41 Å². The molecule has 2 heterocycles. The third-order valence-corrected chi connectivity index (χ3v) is 5.06. The summed E-state index contributed by atoms with van der Waals surface area (Å²) >= 11 is 0. The van der Waals surface area contributed by atoms with Gasteiger partial charge >= 0.3 is 5.97 Å². The Hall–Kier alpha value is -1.10. The number of carboxylic acids is 1. The highest BCUT2D eigenvalue weighted by Crippen LogP contribution is 2.34. The second-order valence-corrected chi connectivity index (χ2v) is 6.24. The van der Waals surface area contributed by atoms with Crippen LogP contribution in [0.15, 0.2) is 0 Å². The quantitative estimate of drug-likeness (QED) is 0.801. The molecular weight excluding hydrogens is 256 g/mol. The minimum atomic E-state index is -0.756. The van der Waals surface area contributed by atoms with Crippen molar-refractivity contribution in [1.29, 1.82) is 0 Å². The highest BCUT2D eigenvalue weighted by atomic mass is 16.4. The number of hydrogen-bond acceptors (Lipinski definition) is 3. The Morgan fingerprint density at radius 3 is 2.60 bits per heavy atom. The van der Waals surface area contributed by atoms with E-state index in [2.05, 4.69) is 5.32 Å². The molecule has 1 unspecified atom stereocenters. The van der Waals surface area contributed by atoms with Crippen LogP contribution in [0, 0.1) is 11.3 Å². The fourth-order valence-corrected chi connectivity index (χ4v) is 3.36. The Kier molecular flexibility index (Phi) is 5.02. The predicted molar refractivity (Wildman–Crippen MR) is 76.4 cm³/mol. The zero-order valence-corrected chi connectivity index (χ0v) is 12.4. The van der Waals surface area contributed by atoms with Gasteiger partial charge in [0.25, 0.3) is 0 Å². The third kappa shape index (κ3) is 3.32. The van der Waals surface area contributed by atoms with Crippen molar-refractivity contribution in [2.75, 3.05) is 26.2 Å². The van der Waals surface area contributed by atoms with E-state index in [0.717, 1.165) is 32.4 Å². The van der Waals surface area contributed by atoms with Gasteiger partial charge in [0, 0.05) is 19.5 Å². The normalized spacial score (nSPS) is 27.8. The van der Waals surface area contributed by atoms with E-state index in [9.17, 15) is 14.7 Å². The summed E-state index contributed by atoms with van der Waals surface area (Å²) in [6, 6.07) is 0. The summed E-state index contributed by atoms with van der Waals surface area (Å²) in [4.78, 5) is 25.4. The number of nitrogens with one attached hydrogen (secondary N) is 1. The average molecular weight is 282 g/mol. The Labute approximate surface area is 120 Å². The number of likely N-dealkylation sites (tertiary alicyclic amines) is 1. The number of carbonyl (C=O) groups excluding carboxylic acids is 1. The monoisotopic (exact) mass is 282 g/mol. The number of rotatable bonds is 5. The number of piperidine rings is 1. The number of carboxylic acid groups (broad SMARTS) is 1. The molecule has 0 aliphatic carbocycles. The highest BCUT2D eigenvalue weighted by Gasteiger charge is 2.44. The lowest BCUT2D eigenvalue weighted by atomic mass is 9.84. The van der Waals surface area contributed by atoms with Crippen LogP contribution >= 0.6 is 0 Å². The van der Waals surface area contributed by atoms with Gasteiger partial charge in [0.1, 0.15) is 0 Å². The van der Waals surface area contributed by atoms with Gasteiger partial charge in [-0.15, -0.1) is 0 Å². The van der Waals surface area contributed by atoms with Gasteiger partial charge in [0.15, 0.2) is 0 Å². The fourth-order valence-electron chi connectivity index (χ4n) is 3.36. The molecule has 1 amide bonds. The third-order valence-electron chi connectivity index (χ3n) is 5.06. The van der Waals surface area contributed by atoms with E-state index in [1.54, 1.807) is 4.90 Å². The van der Waals surface area contributed by atoms with E-state index >= 15 is 0 Å². The molecule has 0 bridgehead atoms. The predicted octanol–water partition coefficient (Wildman–Crippen LogP) is 1.48. The van der Waals surface area contributed by atoms with Gasteiger partial charge in [-0.3, -0.25) is 9.59 Å². The topological polar surface area (TPSA) is 69.6 Å². The molecule has 0 aromatic carbocycles. The molecule has 0 radical (unpaired) electrons. The molecular formula is C15H26N2O3. The zero-order chi connectivity index (χ0) is 14.6. The van der Waals surface area contributed by atoms with Crippen LogP contribution in [0.3, 0.4) is 0 Å². The number of carbonyl (C=O) groups is 2. The first-order valence-electron chi connectivity index (χ1n) is 7.79. The van der Waals surface area contributed by atoms with Crippen molar-refractivity contribution in [3.05, 3.63) is 0 Å². The summed E-state index contributed by atoms with van der Waals surface area (Å²) in [5.41, 5.74) is -0.704. The summed E-state index contributed by atoms with van der Waals surface area (Å²) in [6.45, 7) is 5.01. The van der Waals surface area contributed by atoms with Crippen molar-refractivity contribution >= 4 is 11.9 Å². The van der Waals surface area contributed by atoms with E-state index in [1.165, 1.54) is 0 Å². The molecule has 1 atom stereocenters. The Morgan fingerprint density at radius 2 is 2.05 bits per heavy atom. The summed E-state index contributed by atoms with van der Waals surface area (Å²) in [7, 11) is 0. The number of nitrogens with zero attached hydrogens (tertiary/aromatic N) is 1. The Bertz CT molecular complexity index is 366. The molecule has 0 aromatic heterocycles. The smallest absolute Gasteiger partial charge is 0.311 e. The molecule has 0 saturated carbocycles. The molecule has 20 heavy (non-hydrogen) atoms. The van der Waals surface area contributed by atoms with E-state index < -0.39 is 11.4 Å². The Morgan fingerprint density at radius 1 is 1.35 bits per heavy atom. The SMILES string of the molecule is CCC1(C(=O)O)CCN(C(=O)CCC2CCNCC2)C1. The molecule has 114 valence electrons. The maximum Gasteiger partial charge on any atom is 0.311 e. The van der Waals surface area contributed by atoms with Crippen molar-refractivity contribution < 1.29 is 14.7 Å². The minimum absolute atomic E-state index is 0.139. The fraction of sp³-hybridized carbons (Fsp3) is 0.867. The molecule has 2 saturated heterocycles. The molecule has 2 rings (SSSR count). The zero-order valence-electron chi connectivity index (χ0n) is 12.4. The molecule has 2 N–H and O–H groups in total. The maximum absolute atomic E-state index is 12.2. The van der Waals surface area contributed by atoms with Crippen molar-refractivity contribution in [2.24, 2.45) is 11.3 Å². The number of amides is 1. The van der Waals surface area contributed by atoms with Crippen LogP contribution in [0.5, 0.6) is 0 Å². The summed E-state index contributed by atoms with van der Waals surface area (Å²) in [6.07, 6.45) is 5.02. The van der Waals surface area contributed by atoms with Crippen LogP contribution in [0.25, 0.3) is 0 Å². The van der Waals surface area contributed by atoms with Gasteiger partial charge in [-0.2, -0.15) is 0 Å². The lowest BCUT2D eigenvalue weighted by Crippen LogP contribution is -2.36. The van der Waals surface area contributed by atoms with Gasteiger partial charge in [0.2, 0.25) is 5.91 Å². The van der Waals surface area contributed by atoms with Gasteiger partial charge in [-0.25, -0.2) is 0 Å². The van der Waals surface area contributed by atoms with Crippen molar-refractivity contribution in [1.82, 2.24) is 10.2 Å². The van der Waals surface area contributed by atoms with E-state index in [-0.39, 0.29) is 5.91 Å². The average Bonchev–Trinajstić information content (AvgIpc) is 2.92. The molecule has 2 fully saturated rings. The summed E-state index contributed by atoms with van der Waals surface area (Å²) < 4.78 is 0. The van der Waals surface area contributed by atoms with E-state index in [0.29, 0.717) is 38.3 Å². The first-order valence-corrected chi connectivity index (χ1v) is 7.79. The van der Waals surface area contributed by atoms with Crippen molar-refractivity contribution in [3.8, 4) is 0 Å². The molecule has 2 aliphatic rings. The first kappa shape index (κ1) is 15.3. The second-order valence-electron chi connectivity index (χ2n) is 6.24. The van der Waals surface area contributed by atoms with E-state index in [1.807, 2.05) is 6.92 Å². The second kappa shape index (κ2) is 6.57. The van der Waals surface area contributed by atoms with Crippen LogP contribution in [-0.2, 0) is 9.59 Å². The van der Waals surface area contributed by atoms with Crippen molar-refractivity contribution in [2.45, 2.75) is 45.4 Å². The van der Waals surface area contributed by atoms with Crippen LogP contribution in [0.2, 0.25) is 0 Å². The molecule has 0 spiro atoms. The molecule has 2 aliphatic heterocycles. The van der Waals surface area contributed by atoms with Crippen molar-refractivity contribution in [3.63, 3.8) is 0 Å². The molecule has 5 heteroatoms. The first-order chi connectivity index (χ1) is 9.57. The number of aliphatic carboxylic acids is 1. The summed E-state index contributed by atoms with van der Waals surface area (Å²) in [5, 5.41) is 12.7. The molecule has 0 aromatic rings. The van der Waals surface area contributed by atoms with Gasteiger partial charge < -0.3 is 15.3 Å². The minimum Gasteiger partial charge on any atom is -0.481 e. The van der Waals surface area contributed by atoms with Crippen LogP contribution in [0.4, 0.5) is 0 Å². The van der Waals surface area contributed by atoms with Crippen LogP contribution < -0.4 is 5.32 Å². The van der Waals surface area contributed by atoms with Crippen LogP contribution in [0.1, 0.15) is 45.4 Å². The Balaban J connectivity index is 1.80.